The van der Waals surface area contributed by atoms with E-state index < -0.39 is 11.9 Å². The van der Waals surface area contributed by atoms with Crippen molar-refractivity contribution in [2.75, 3.05) is 5.32 Å². The van der Waals surface area contributed by atoms with Crippen LogP contribution in [0.1, 0.15) is 26.4 Å². The largest absolute Gasteiger partial charge is 0.478 e. The molecule has 0 aliphatic rings. The molecule has 20 heavy (non-hydrogen) atoms. The maximum atomic E-state index is 12.1. The summed E-state index contributed by atoms with van der Waals surface area (Å²) >= 11 is 5.83. The van der Waals surface area contributed by atoms with Gasteiger partial charge in [-0.25, -0.2) is 4.79 Å². The fourth-order valence-corrected chi connectivity index (χ4v) is 1.93. The summed E-state index contributed by atoms with van der Waals surface area (Å²) in [5.74, 6) is -1.77. The minimum Gasteiger partial charge on any atom is -0.478 e. The lowest BCUT2D eigenvalue weighted by molar-refractivity contribution is 0.0691. The van der Waals surface area contributed by atoms with Crippen LogP contribution in [0, 0.1) is 6.92 Å². The molecule has 1 aromatic heterocycles. The number of carbonyl (C=O) groups excluding carboxylic acids is 1. The van der Waals surface area contributed by atoms with Crippen LogP contribution in [0.15, 0.2) is 36.5 Å². The summed E-state index contributed by atoms with van der Waals surface area (Å²) < 4.78 is 0. The van der Waals surface area contributed by atoms with Gasteiger partial charge >= 0.3 is 5.97 Å². The number of halogens is 1. The molecule has 0 saturated carbocycles. The standard InChI is InChI=1S/C14H11ClN2O3/c1-8-7-9(15)4-5-11(8)17-13(18)12-10(14(19)20)3-2-6-16-12/h2-7H,1H3,(H,17,18)(H,19,20). The second-order valence-electron chi connectivity index (χ2n) is 4.12. The molecule has 1 amide bonds. The van der Waals surface area contributed by atoms with Gasteiger partial charge in [0, 0.05) is 16.9 Å². The fraction of sp³-hybridized carbons (Fsp3) is 0.0714. The first-order valence-corrected chi connectivity index (χ1v) is 6.12. The smallest absolute Gasteiger partial charge is 0.338 e. The Morgan fingerprint density at radius 1 is 1.30 bits per heavy atom. The number of nitrogens with one attached hydrogen (secondary N) is 1. The highest BCUT2D eigenvalue weighted by molar-refractivity contribution is 6.30. The van der Waals surface area contributed by atoms with Crippen molar-refractivity contribution >= 4 is 29.2 Å². The molecule has 0 saturated heterocycles. The average Bonchev–Trinajstić information content (AvgIpc) is 2.41. The summed E-state index contributed by atoms with van der Waals surface area (Å²) in [6.07, 6.45) is 1.37. The Morgan fingerprint density at radius 3 is 2.70 bits per heavy atom. The van der Waals surface area contributed by atoms with E-state index in [1.54, 1.807) is 25.1 Å². The number of hydrogen-bond acceptors (Lipinski definition) is 3. The van der Waals surface area contributed by atoms with E-state index in [-0.39, 0.29) is 11.3 Å². The lowest BCUT2D eigenvalue weighted by atomic mass is 10.1. The van der Waals surface area contributed by atoms with Crippen molar-refractivity contribution < 1.29 is 14.7 Å². The monoisotopic (exact) mass is 290 g/mol. The van der Waals surface area contributed by atoms with Crippen molar-refractivity contribution in [1.82, 2.24) is 4.98 Å². The van der Waals surface area contributed by atoms with Gasteiger partial charge in [0.25, 0.3) is 5.91 Å². The average molecular weight is 291 g/mol. The van der Waals surface area contributed by atoms with Gasteiger partial charge in [-0.05, 0) is 42.8 Å². The molecule has 0 radical (unpaired) electrons. The number of carbonyl (C=O) groups is 2. The van der Waals surface area contributed by atoms with Crippen molar-refractivity contribution in [2.24, 2.45) is 0 Å². The number of aromatic nitrogens is 1. The highest BCUT2D eigenvalue weighted by atomic mass is 35.5. The fourth-order valence-electron chi connectivity index (χ4n) is 1.71. The van der Waals surface area contributed by atoms with Gasteiger partial charge in [-0.2, -0.15) is 0 Å². The van der Waals surface area contributed by atoms with Crippen molar-refractivity contribution in [3.63, 3.8) is 0 Å². The highest BCUT2D eigenvalue weighted by Crippen LogP contribution is 2.20. The molecule has 2 N–H and O–H groups in total. The highest BCUT2D eigenvalue weighted by Gasteiger charge is 2.18. The van der Waals surface area contributed by atoms with E-state index in [2.05, 4.69) is 10.3 Å². The zero-order valence-corrected chi connectivity index (χ0v) is 11.3. The van der Waals surface area contributed by atoms with Crippen molar-refractivity contribution in [3.05, 3.63) is 58.4 Å². The number of hydrogen-bond donors (Lipinski definition) is 2. The normalized spacial score (nSPS) is 10.1. The summed E-state index contributed by atoms with van der Waals surface area (Å²) in [7, 11) is 0. The number of rotatable bonds is 3. The van der Waals surface area contributed by atoms with Crippen molar-refractivity contribution in [3.8, 4) is 0 Å². The Morgan fingerprint density at radius 2 is 2.05 bits per heavy atom. The zero-order chi connectivity index (χ0) is 14.7. The van der Waals surface area contributed by atoms with E-state index in [1.807, 2.05) is 0 Å². The van der Waals surface area contributed by atoms with Gasteiger partial charge in [0.2, 0.25) is 0 Å². The first-order valence-electron chi connectivity index (χ1n) is 5.75. The number of aryl methyl sites for hydroxylation is 1. The van der Waals surface area contributed by atoms with Crippen molar-refractivity contribution in [2.45, 2.75) is 6.92 Å². The van der Waals surface area contributed by atoms with Gasteiger partial charge < -0.3 is 10.4 Å². The van der Waals surface area contributed by atoms with Crippen LogP contribution in [0.2, 0.25) is 5.02 Å². The van der Waals surface area contributed by atoms with Crippen LogP contribution in [-0.4, -0.2) is 22.0 Å². The Kier molecular flexibility index (Phi) is 4.00. The molecule has 2 aromatic rings. The molecular formula is C14H11ClN2O3. The third-order valence-electron chi connectivity index (χ3n) is 2.69. The van der Waals surface area contributed by atoms with E-state index >= 15 is 0 Å². The summed E-state index contributed by atoms with van der Waals surface area (Å²) in [6.45, 7) is 1.79. The van der Waals surface area contributed by atoms with E-state index in [0.717, 1.165) is 5.56 Å². The first kappa shape index (κ1) is 14.0. The number of carboxylic acid groups (broad SMARTS) is 1. The number of benzene rings is 1. The molecule has 102 valence electrons. The van der Waals surface area contributed by atoms with Gasteiger partial charge in [-0.3, -0.25) is 9.78 Å². The molecule has 5 nitrogen and oxygen atoms in total. The minimum atomic E-state index is -1.20. The predicted molar refractivity (Wildman–Crippen MR) is 75.3 cm³/mol. The molecule has 6 heteroatoms. The van der Waals surface area contributed by atoms with Crippen LogP contribution in [0.4, 0.5) is 5.69 Å². The maximum Gasteiger partial charge on any atom is 0.338 e. The molecule has 0 bridgehead atoms. The molecule has 0 atom stereocenters. The molecule has 1 aromatic carbocycles. The molecule has 0 aliphatic heterocycles. The summed E-state index contributed by atoms with van der Waals surface area (Å²) in [5.41, 5.74) is 1.06. The molecule has 0 spiro atoms. The Balaban J connectivity index is 2.31. The molecular weight excluding hydrogens is 280 g/mol. The van der Waals surface area contributed by atoms with Gasteiger partial charge in [0.1, 0.15) is 5.69 Å². The Labute approximate surface area is 120 Å². The van der Waals surface area contributed by atoms with E-state index in [4.69, 9.17) is 16.7 Å². The lowest BCUT2D eigenvalue weighted by Gasteiger charge is -2.09. The second kappa shape index (κ2) is 5.71. The molecule has 0 fully saturated rings. The van der Waals surface area contributed by atoms with Crippen LogP contribution in [0.3, 0.4) is 0 Å². The third-order valence-corrected chi connectivity index (χ3v) is 2.92. The summed E-state index contributed by atoms with van der Waals surface area (Å²) in [6, 6.07) is 7.79. The number of amides is 1. The first-order chi connectivity index (χ1) is 9.49. The molecule has 0 aliphatic carbocycles. The summed E-state index contributed by atoms with van der Waals surface area (Å²) in [5, 5.41) is 12.2. The zero-order valence-electron chi connectivity index (χ0n) is 10.6. The van der Waals surface area contributed by atoms with Crippen molar-refractivity contribution in [1.29, 1.82) is 0 Å². The van der Waals surface area contributed by atoms with Crippen LogP contribution < -0.4 is 5.32 Å². The van der Waals surface area contributed by atoms with Crippen LogP contribution in [-0.2, 0) is 0 Å². The van der Waals surface area contributed by atoms with Gasteiger partial charge in [-0.15, -0.1) is 0 Å². The summed E-state index contributed by atoms with van der Waals surface area (Å²) in [4.78, 5) is 27.0. The third kappa shape index (κ3) is 2.95. The molecule has 1 heterocycles. The van der Waals surface area contributed by atoms with Crippen LogP contribution >= 0.6 is 11.6 Å². The van der Waals surface area contributed by atoms with Gasteiger partial charge in [0.05, 0.1) is 5.56 Å². The predicted octanol–water partition coefficient (Wildman–Crippen LogP) is 2.99. The number of carboxylic acids is 1. The quantitative estimate of drug-likeness (QED) is 0.911. The molecule has 2 rings (SSSR count). The molecule has 0 unspecified atom stereocenters. The van der Waals surface area contributed by atoms with Gasteiger partial charge in [-0.1, -0.05) is 11.6 Å². The van der Waals surface area contributed by atoms with Crippen LogP contribution in [0.25, 0.3) is 0 Å². The number of nitrogens with zero attached hydrogens (tertiary/aromatic N) is 1. The van der Waals surface area contributed by atoms with E-state index in [1.165, 1.54) is 18.3 Å². The number of aromatic carboxylic acids is 1. The van der Waals surface area contributed by atoms with E-state index in [0.29, 0.717) is 10.7 Å². The minimum absolute atomic E-state index is 0.130. The Bertz CT molecular complexity index is 686. The van der Waals surface area contributed by atoms with E-state index in [9.17, 15) is 9.59 Å². The van der Waals surface area contributed by atoms with Gasteiger partial charge in [0.15, 0.2) is 0 Å². The Hall–Kier alpha value is -2.40. The number of anilines is 1. The maximum absolute atomic E-state index is 12.1. The SMILES string of the molecule is Cc1cc(Cl)ccc1NC(=O)c1ncccc1C(=O)O. The second-order valence-corrected chi connectivity index (χ2v) is 4.55. The van der Waals surface area contributed by atoms with Crippen LogP contribution in [0.5, 0.6) is 0 Å². The number of pyridine rings is 1. The topological polar surface area (TPSA) is 79.3 Å². The lowest BCUT2D eigenvalue weighted by Crippen LogP contribution is -2.18.